The fourth-order valence-electron chi connectivity index (χ4n) is 3.42. The highest BCUT2D eigenvalue weighted by molar-refractivity contribution is 5.84. The highest BCUT2D eigenvalue weighted by Gasteiger charge is 2.31. The normalized spacial score (nSPS) is 20.1. The Morgan fingerprint density at radius 2 is 1.89 bits per heavy atom. The second kappa shape index (κ2) is 7.47. The standard InChI is InChI=1S/C20H22F2N4O/c1-20(2,22)19(27)25-15-7-9-16(10-8-15)26-12-24-18(17(26)11-23)13-3-5-14(21)6-4-13/h3-6,12,15-16H,7-10H2,1-2H3,(H,25,27)/t15-,16+. The van der Waals surface area contributed by atoms with E-state index >= 15 is 0 Å². The second-order valence-corrected chi connectivity index (χ2v) is 7.42. The summed E-state index contributed by atoms with van der Waals surface area (Å²) in [6.45, 7) is 2.49. The van der Waals surface area contributed by atoms with Gasteiger partial charge in [-0.3, -0.25) is 4.79 Å². The molecule has 1 aromatic heterocycles. The van der Waals surface area contributed by atoms with Gasteiger partial charge >= 0.3 is 0 Å². The molecule has 0 atom stereocenters. The molecule has 1 fully saturated rings. The average molecular weight is 372 g/mol. The van der Waals surface area contributed by atoms with Crippen LogP contribution in [0.1, 0.15) is 51.3 Å². The van der Waals surface area contributed by atoms with Gasteiger partial charge in [-0.05, 0) is 63.8 Å². The third-order valence-electron chi connectivity index (χ3n) is 4.98. The number of hydrogen-bond acceptors (Lipinski definition) is 3. The molecule has 1 aliphatic rings. The van der Waals surface area contributed by atoms with Crippen LogP contribution in [0, 0.1) is 17.1 Å². The van der Waals surface area contributed by atoms with E-state index in [9.17, 15) is 18.8 Å². The molecule has 2 aromatic rings. The maximum absolute atomic E-state index is 13.7. The zero-order chi connectivity index (χ0) is 19.6. The first-order valence-electron chi connectivity index (χ1n) is 9.02. The van der Waals surface area contributed by atoms with Gasteiger partial charge in [-0.1, -0.05) is 0 Å². The van der Waals surface area contributed by atoms with E-state index in [1.165, 1.54) is 26.0 Å². The summed E-state index contributed by atoms with van der Waals surface area (Å²) in [5, 5.41) is 12.4. The van der Waals surface area contributed by atoms with E-state index < -0.39 is 11.6 Å². The van der Waals surface area contributed by atoms with Crippen molar-refractivity contribution < 1.29 is 13.6 Å². The van der Waals surface area contributed by atoms with Gasteiger partial charge in [-0.25, -0.2) is 13.8 Å². The van der Waals surface area contributed by atoms with E-state index in [0.717, 1.165) is 12.8 Å². The number of halogens is 2. The molecule has 142 valence electrons. The van der Waals surface area contributed by atoms with Crippen molar-refractivity contribution in [1.29, 1.82) is 5.26 Å². The van der Waals surface area contributed by atoms with Crippen LogP contribution in [-0.4, -0.2) is 27.2 Å². The number of carbonyl (C=O) groups is 1. The number of aromatic nitrogens is 2. The SMILES string of the molecule is CC(C)(F)C(=O)N[C@H]1CC[C@@H](n2cnc(-c3ccc(F)cc3)c2C#N)CC1. The van der Waals surface area contributed by atoms with Crippen LogP contribution < -0.4 is 5.32 Å². The lowest BCUT2D eigenvalue weighted by atomic mass is 9.90. The quantitative estimate of drug-likeness (QED) is 0.885. The number of nitrogens with one attached hydrogen (secondary N) is 1. The summed E-state index contributed by atoms with van der Waals surface area (Å²) in [5.74, 6) is -0.932. The lowest BCUT2D eigenvalue weighted by molar-refractivity contribution is -0.131. The van der Waals surface area contributed by atoms with Crippen molar-refractivity contribution in [2.24, 2.45) is 0 Å². The summed E-state index contributed by atoms with van der Waals surface area (Å²) in [4.78, 5) is 16.2. The van der Waals surface area contributed by atoms with Crippen LogP contribution in [0.15, 0.2) is 30.6 Å². The molecular formula is C20H22F2N4O. The molecule has 0 radical (unpaired) electrons. The molecule has 0 spiro atoms. The van der Waals surface area contributed by atoms with Crippen LogP contribution >= 0.6 is 0 Å². The van der Waals surface area contributed by atoms with E-state index in [0.29, 0.717) is 29.8 Å². The highest BCUT2D eigenvalue weighted by atomic mass is 19.1. The van der Waals surface area contributed by atoms with Crippen molar-refractivity contribution in [2.75, 3.05) is 0 Å². The summed E-state index contributed by atoms with van der Waals surface area (Å²) in [5.41, 5.74) is -0.219. The lowest BCUT2D eigenvalue weighted by Crippen LogP contribution is -2.45. The van der Waals surface area contributed by atoms with Crippen LogP contribution in [0.5, 0.6) is 0 Å². The fraction of sp³-hybridized carbons (Fsp3) is 0.450. The van der Waals surface area contributed by atoms with Crippen LogP contribution in [0.2, 0.25) is 0 Å². The topological polar surface area (TPSA) is 70.7 Å². The number of nitrogens with zero attached hydrogens (tertiary/aromatic N) is 3. The van der Waals surface area contributed by atoms with Gasteiger partial charge in [0.15, 0.2) is 5.67 Å². The van der Waals surface area contributed by atoms with Gasteiger partial charge in [0, 0.05) is 17.6 Å². The average Bonchev–Trinajstić information content (AvgIpc) is 3.06. The van der Waals surface area contributed by atoms with E-state index in [-0.39, 0.29) is 17.9 Å². The minimum atomic E-state index is -1.89. The Labute approximate surface area is 157 Å². The molecule has 0 aliphatic heterocycles. The van der Waals surface area contributed by atoms with E-state index in [1.54, 1.807) is 18.5 Å². The van der Waals surface area contributed by atoms with Crippen molar-refractivity contribution in [3.05, 3.63) is 42.1 Å². The first kappa shape index (κ1) is 19.0. The summed E-state index contributed by atoms with van der Waals surface area (Å²) in [6, 6.07) is 8.13. The number of imidazole rings is 1. The van der Waals surface area contributed by atoms with Gasteiger partial charge in [0.25, 0.3) is 5.91 Å². The molecule has 0 saturated heterocycles. The van der Waals surface area contributed by atoms with Crippen molar-refractivity contribution in [2.45, 2.75) is 57.3 Å². The number of alkyl halides is 1. The van der Waals surface area contributed by atoms with Crippen molar-refractivity contribution >= 4 is 5.91 Å². The summed E-state index contributed by atoms with van der Waals surface area (Å²) >= 11 is 0. The Balaban J connectivity index is 1.71. The van der Waals surface area contributed by atoms with Gasteiger partial charge in [0.05, 0.1) is 6.33 Å². The zero-order valence-corrected chi connectivity index (χ0v) is 15.4. The summed E-state index contributed by atoms with van der Waals surface area (Å²) < 4.78 is 28.7. The Hall–Kier alpha value is -2.75. The molecule has 3 rings (SSSR count). The molecule has 1 N–H and O–H groups in total. The predicted octanol–water partition coefficient (Wildman–Crippen LogP) is 3.91. The molecule has 0 unspecified atom stereocenters. The van der Waals surface area contributed by atoms with Gasteiger partial charge in [0.2, 0.25) is 0 Å². The summed E-state index contributed by atoms with van der Waals surface area (Å²) in [7, 11) is 0. The monoisotopic (exact) mass is 372 g/mol. The molecule has 1 amide bonds. The minimum Gasteiger partial charge on any atom is -0.351 e. The van der Waals surface area contributed by atoms with Gasteiger partial charge in [0.1, 0.15) is 23.3 Å². The number of rotatable bonds is 4. The minimum absolute atomic E-state index is 0.0607. The molecular weight excluding hydrogens is 350 g/mol. The highest BCUT2D eigenvalue weighted by Crippen LogP contribution is 2.32. The van der Waals surface area contributed by atoms with Gasteiger partial charge in [-0.2, -0.15) is 5.26 Å². The van der Waals surface area contributed by atoms with Crippen molar-refractivity contribution in [3.63, 3.8) is 0 Å². The largest absolute Gasteiger partial charge is 0.351 e. The molecule has 27 heavy (non-hydrogen) atoms. The van der Waals surface area contributed by atoms with Crippen LogP contribution in [0.25, 0.3) is 11.3 Å². The Morgan fingerprint density at radius 3 is 2.44 bits per heavy atom. The lowest BCUT2D eigenvalue weighted by Gasteiger charge is -2.31. The van der Waals surface area contributed by atoms with Gasteiger partial charge in [-0.15, -0.1) is 0 Å². The van der Waals surface area contributed by atoms with Gasteiger partial charge < -0.3 is 9.88 Å². The predicted molar refractivity (Wildman–Crippen MR) is 97.0 cm³/mol. The smallest absolute Gasteiger partial charge is 0.257 e. The third kappa shape index (κ3) is 4.16. The number of benzene rings is 1. The first-order chi connectivity index (χ1) is 12.8. The molecule has 5 nitrogen and oxygen atoms in total. The van der Waals surface area contributed by atoms with Crippen molar-refractivity contribution in [3.8, 4) is 17.3 Å². The molecule has 1 saturated carbocycles. The van der Waals surface area contributed by atoms with Crippen LogP contribution in [0.4, 0.5) is 8.78 Å². The van der Waals surface area contributed by atoms with E-state index in [4.69, 9.17) is 0 Å². The Bertz CT molecular complexity index is 854. The number of nitriles is 1. The molecule has 1 aromatic carbocycles. The third-order valence-corrected chi connectivity index (χ3v) is 4.98. The number of carbonyl (C=O) groups excluding carboxylic acids is 1. The number of amides is 1. The van der Waals surface area contributed by atoms with E-state index in [1.807, 2.05) is 4.57 Å². The maximum Gasteiger partial charge on any atom is 0.257 e. The molecule has 1 aliphatic carbocycles. The Morgan fingerprint density at radius 1 is 1.26 bits per heavy atom. The van der Waals surface area contributed by atoms with Crippen LogP contribution in [-0.2, 0) is 4.79 Å². The molecule has 7 heteroatoms. The van der Waals surface area contributed by atoms with Crippen LogP contribution in [0.3, 0.4) is 0 Å². The molecule has 0 bridgehead atoms. The first-order valence-corrected chi connectivity index (χ1v) is 9.02. The summed E-state index contributed by atoms with van der Waals surface area (Å²) in [6.07, 6.45) is 4.57. The van der Waals surface area contributed by atoms with Crippen molar-refractivity contribution in [1.82, 2.24) is 14.9 Å². The fourth-order valence-corrected chi connectivity index (χ4v) is 3.42. The number of hydrogen-bond donors (Lipinski definition) is 1. The van der Waals surface area contributed by atoms with E-state index in [2.05, 4.69) is 16.4 Å². The maximum atomic E-state index is 13.7. The molecule has 1 heterocycles. The Kier molecular flexibility index (Phi) is 5.26. The second-order valence-electron chi connectivity index (χ2n) is 7.42. The zero-order valence-electron chi connectivity index (χ0n) is 15.4.